The van der Waals surface area contributed by atoms with E-state index in [4.69, 9.17) is 4.98 Å². The molecule has 0 spiro atoms. The molecule has 0 N–H and O–H groups in total. The first-order chi connectivity index (χ1) is 19.8. The van der Waals surface area contributed by atoms with E-state index in [-0.39, 0.29) is 28.8 Å². The molecule has 2 unspecified atom stereocenters. The molecule has 0 radical (unpaired) electrons. The van der Waals surface area contributed by atoms with Crippen LogP contribution in [-0.2, 0) is 22.6 Å². The van der Waals surface area contributed by atoms with E-state index >= 15 is 0 Å². The van der Waals surface area contributed by atoms with Crippen LogP contribution < -0.4 is 0 Å². The van der Waals surface area contributed by atoms with Crippen molar-refractivity contribution < 1.29 is 14.0 Å². The van der Waals surface area contributed by atoms with E-state index in [1.54, 1.807) is 6.07 Å². The van der Waals surface area contributed by atoms with Crippen LogP contribution in [0.2, 0.25) is 0 Å². The first kappa shape index (κ1) is 29.0. The lowest BCUT2D eigenvalue weighted by molar-refractivity contribution is -0.135. The lowest BCUT2D eigenvalue weighted by Gasteiger charge is -2.41. The monoisotopic (exact) mass is 582 g/mol. The third-order valence-corrected chi connectivity index (χ3v) is 11.5. The molecule has 4 aliphatic rings. The number of carbonyl (C=O) groups is 2. The zero-order chi connectivity index (χ0) is 28.7. The average Bonchev–Trinajstić information content (AvgIpc) is 3.61. The Morgan fingerprint density at radius 1 is 1.05 bits per heavy atom. The zero-order valence-corrected chi connectivity index (χ0v) is 25.9. The molecule has 3 fully saturated rings. The molecule has 8 heteroatoms. The van der Waals surface area contributed by atoms with Gasteiger partial charge in [-0.3, -0.25) is 14.5 Å². The van der Waals surface area contributed by atoms with Crippen LogP contribution in [0.3, 0.4) is 0 Å². The highest BCUT2D eigenvalue weighted by Gasteiger charge is 2.43. The highest BCUT2D eigenvalue weighted by molar-refractivity contribution is 7.10. The van der Waals surface area contributed by atoms with Gasteiger partial charge in [0.05, 0.1) is 12.2 Å². The van der Waals surface area contributed by atoms with Gasteiger partial charge in [0, 0.05) is 65.8 Å². The standard InChI is InChI=1S/C33H47FN4O2S/c1-21(2)33(40)36-15-14-29-28(20-36)35-22(3)38(29)27-18-25-9-10-26(19-27)37(25)16-13-24(31-11-12-32(34)41-31)17-30(39)23-7-5-4-6-8-23/h11-12,21,23-27H,4-10,13-20H2,1-3H3/t24-,25?,26?,27?/m1/s1. The molecule has 6 rings (SSSR count). The van der Waals surface area contributed by atoms with Gasteiger partial charge in [-0.2, -0.15) is 4.39 Å². The number of amides is 1. The van der Waals surface area contributed by atoms with Gasteiger partial charge in [-0.15, -0.1) is 11.3 Å². The summed E-state index contributed by atoms with van der Waals surface area (Å²) >= 11 is 1.23. The van der Waals surface area contributed by atoms with Crippen molar-refractivity contribution in [2.75, 3.05) is 13.1 Å². The first-order valence-electron chi connectivity index (χ1n) is 16.2. The molecule has 1 saturated carbocycles. The Bertz CT molecular complexity index is 1230. The number of rotatable bonds is 9. The minimum atomic E-state index is -0.147. The van der Waals surface area contributed by atoms with Crippen LogP contribution in [0.5, 0.6) is 0 Å². The van der Waals surface area contributed by atoms with Crippen molar-refractivity contribution in [2.45, 2.75) is 128 Å². The molecule has 41 heavy (non-hydrogen) atoms. The van der Waals surface area contributed by atoms with Gasteiger partial charge < -0.3 is 9.47 Å². The number of hydrogen-bond acceptors (Lipinski definition) is 5. The normalized spacial score (nSPS) is 26.0. The third kappa shape index (κ3) is 6.06. The maximum atomic E-state index is 14.0. The van der Waals surface area contributed by atoms with E-state index < -0.39 is 0 Å². The van der Waals surface area contributed by atoms with Crippen LogP contribution in [0.25, 0.3) is 0 Å². The van der Waals surface area contributed by atoms with Crippen LogP contribution in [0.1, 0.15) is 119 Å². The number of Topliss-reactive ketones (excluding diaryl/α,β-unsaturated/α-hetero) is 1. The quantitative estimate of drug-likeness (QED) is 0.326. The van der Waals surface area contributed by atoms with Crippen LogP contribution in [0.4, 0.5) is 4.39 Å². The van der Waals surface area contributed by atoms with E-state index in [0.717, 1.165) is 68.0 Å². The number of piperidine rings is 1. The zero-order valence-electron chi connectivity index (χ0n) is 25.1. The van der Waals surface area contributed by atoms with Gasteiger partial charge in [-0.25, -0.2) is 4.98 Å². The van der Waals surface area contributed by atoms with Crippen molar-refractivity contribution in [1.82, 2.24) is 19.4 Å². The van der Waals surface area contributed by atoms with Crippen LogP contribution in [0, 0.1) is 23.9 Å². The van der Waals surface area contributed by atoms with Crippen molar-refractivity contribution in [3.8, 4) is 0 Å². The number of fused-ring (bicyclic) bond motifs is 3. The summed E-state index contributed by atoms with van der Waals surface area (Å²) in [6.07, 6.45) is 12.8. The smallest absolute Gasteiger partial charge is 0.225 e. The minimum absolute atomic E-state index is 0.0171. The summed E-state index contributed by atoms with van der Waals surface area (Å²) in [4.78, 5) is 36.6. The van der Waals surface area contributed by atoms with E-state index in [2.05, 4.69) is 16.4 Å². The molecule has 5 heterocycles. The second-order valence-corrected chi connectivity index (χ2v) is 14.5. The van der Waals surface area contributed by atoms with Gasteiger partial charge in [0.15, 0.2) is 5.13 Å². The number of hydrogen-bond donors (Lipinski definition) is 0. The van der Waals surface area contributed by atoms with E-state index in [0.29, 0.717) is 36.9 Å². The number of aromatic nitrogens is 2. The molecule has 3 atom stereocenters. The van der Waals surface area contributed by atoms with E-state index in [9.17, 15) is 14.0 Å². The number of thiophene rings is 1. The molecule has 6 nitrogen and oxygen atoms in total. The van der Waals surface area contributed by atoms with Crippen molar-refractivity contribution in [1.29, 1.82) is 0 Å². The molecule has 224 valence electrons. The van der Waals surface area contributed by atoms with Gasteiger partial charge in [-0.1, -0.05) is 33.1 Å². The second-order valence-electron chi connectivity index (χ2n) is 13.5. The fourth-order valence-electron chi connectivity index (χ4n) is 8.43. The predicted molar refractivity (Wildman–Crippen MR) is 161 cm³/mol. The first-order valence-corrected chi connectivity index (χ1v) is 17.0. The van der Waals surface area contributed by atoms with Crippen molar-refractivity contribution in [2.24, 2.45) is 11.8 Å². The summed E-state index contributed by atoms with van der Waals surface area (Å²) < 4.78 is 16.6. The topological polar surface area (TPSA) is 58.4 Å². The SMILES string of the molecule is Cc1nc2c(n1C1CC3CCC(C1)N3CC[C@H](CC(=O)C1CCCCC1)c1ccc(F)s1)CCN(C(=O)C(C)C)C2. The van der Waals surface area contributed by atoms with Crippen LogP contribution in [-0.4, -0.2) is 56.2 Å². The summed E-state index contributed by atoms with van der Waals surface area (Å²) in [5, 5.41) is -0.147. The summed E-state index contributed by atoms with van der Waals surface area (Å²) in [6.45, 7) is 8.48. The summed E-state index contributed by atoms with van der Waals surface area (Å²) in [7, 11) is 0. The molecule has 1 aliphatic carbocycles. The minimum Gasteiger partial charge on any atom is -0.336 e. The van der Waals surface area contributed by atoms with Crippen LogP contribution in [0.15, 0.2) is 12.1 Å². The molecule has 2 aromatic heterocycles. The summed E-state index contributed by atoms with van der Waals surface area (Å²) in [6, 6.07) is 5.05. The molecule has 2 bridgehead atoms. The number of carbonyl (C=O) groups excluding carboxylic acids is 2. The van der Waals surface area contributed by atoms with Gasteiger partial charge in [0.1, 0.15) is 11.6 Å². The Kier molecular flexibility index (Phi) is 8.69. The largest absolute Gasteiger partial charge is 0.336 e. The Hall–Kier alpha value is -2.06. The Balaban J connectivity index is 1.11. The lowest BCUT2D eigenvalue weighted by atomic mass is 9.82. The van der Waals surface area contributed by atoms with Crippen LogP contribution >= 0.6 is 11.3 Å². The molecular weight excluding hydrogens is 535 g/mol. The Morgan fingerprint density at radius 3 is 2.44 bits per heavy atom. The fraction of sp³-hybridized carbons (Fsp3) is 0.727. The average molecular weight is 583 g/mol. The lowest BCUT2D eigenvalue weighted by Crippen LogP contribution is -2.45. The third-order valence-electron chi connectivity index (χ3n) is 10.5. The maximum absolute atomic E-state index is 14.0. The molecule has 2 saturated heterocycles. The highest BCUT2D eigenvalue weighted by atomic mass is 32.1. The summed E-state index contributed by atoms with van der Waals surface area (Å²) in [5.41, 5.74) is 2.43. The molecule has 1 amide bonds. The van der Waals surface area contributed by atoms with Gasteiger partial charge >= 0.3 is 0 Å². The van der Waals surface area contributed by atoms with E-state index in [1.165, 1.54) is 49.1 Å². The number of ketones is 1. The molecular formula is C33H47FN4O2S. The maximum Gasteiger partial charge on any atom is 0.225 e. The molecule has 0 aromatic carbocycles. The number of nitrogens with zero attached hydrogens (tertiary/aromatic N) is 4. The number of aryl methyl sites for hydroxylation is 1. The Labute approximate surface area is 248 Å². The van der Waals surface area contributed by atoms with Crippen molar-refractivity contribution in [3.05, 3.63) is 39.4 Å². The molecule has 2 aromatic rings. The molecule has 3 aliphatic heterocycles. The van der Waals surface area contributed by atoms with Crippen molar-refractivity contribution >= 4 is 23.0 Å². The second kappa shape index (κ2) is 12.3. The van der Waals surface area contributed by atoms with Gasteiger partial charge in [-0.05, 0) is 70.5 Å². The van der Waals surface area contributed by atoms with E-state index in [1.807, 2.05) is 24.8 Å². The summed E-state index contributed by atoms with van der Waals surface area (Å²) in [5.74, 6) is 2.06. The number of imidazole rings is 1. The number of halogens is 1. The highest BCUT2D eigenvalue weighted by Crippen LogP contribution is 2.43. The Morgan fingerprint density at radius 2 is 1.78 bits per heavy atom. The predicted octanol–water partition coefficient (Wildman–Crippen LogP) is 6.81. The van der Waals surface area contributed by atoms with Crippen molar-refractivity contribution in [3.63, 3.8) is 0 Å². The van der Waals surface area contributed by atoms with Gasteiger partial charge in [0.25, 0.3) is 0 Å². The fourth-order valence-corrected chi connectivity index (χ4v) is 9.30. The van der Waals surface area contributed by atoms with Gasteiger partial charge in [0.2, 0.25) is 5.91 Å².